The highest BCUT2D eigenvalue weighted by atomic mass is 35.5. The average Bonchev–Trinajstić information content (AvgIpc) is 3.43. The summed E-state index contributed by atoms with van der Waals surface area (Å²) in [5, 5.41) is 5.70. The van der Waals surface area contributed by atoms with Crippen LogP contribution in [0.3, 0.4) is 0 Å². The van der Waals surface area contributed by atoms with Crippen molar-refractivity contribution < 1.29 is 0 Å². The van der Waals surface area contributed by atoms with E-state index in [2.05, 4.69) is 83.8 Å². The number of aryl methyl sites for hydroxylation is 1. The molecule has 2 saturated heterocycles. The van der Waals surface area contributed by atoms with Crippen LogP contribution in [0.2, 0.25) is 10.0 Å². The lowest BCUT2D eigenvalue weighted by Crippen LogP contribution is -2.38. The number of thiocarbonyl (C=S) groups is 1. The molecule has 0 amide bonds. The fourth-order valence-electron chi connectivity index (χ4n) is 6.81. The molecule has 1 N–H and O–H groups in total. The van der Waals surface area contributed by atoms with Crippen molar-refractivity contribution in [1.82, 2.24) is 14.9 Å². The minimum atomic E-state index is -0.140. The standard InChI is InChI=1S/C33H35Cl2N5S/c1-20-14-21(2)19-38(18-20)30-12-11-26(17-28(30)35)40-32(31(37-33(40)41)29-10-5-6-13-36-29)27-15-22(3)39(23(27)4)25-9-7-8-24(34)16-25/h5-13,15-17,20-21,31-32H,14,18-19H2,1-4H3,(H,37,41)/t20-,21+,31-,32+/m0/s1. The summed E-state index contributed by atoms with van der Waals surface area (Å²) in [5.74, 6) is 1.28. The molecule has 0 unspecified atom stereocenters. The first-order chi connectivity index (χ1) is 19.7. The van der Waals surface area contributed by atoms with Crippen molar-refractivity contribution in [3.8, 4) is 5.69 Å². The first-order valence-electron chi connectivity index (χ1n) is 14.2. The monoisotopic (exact) mass is 603 g/mol. The van der Waals surface area contributed by atoms with E-state index in [4.69, 9.17) is 40.4 Å². The third-order valence-electron chi connectivity index (χ3n) is 8.37. The number of pyridine rings is 1. The number of hydrogen-bond acceptors (Lipinski definition) is 3. The molecule has 2 aromatic heterocycles. The smallest absolute Gasteiger partial charge is 0.174 e. The summed E-state index contributed by atoms with van der Waals surface area (Å²) in [6.45, 7) is 11.0. The highest BCUT2D eigenvalue weighted by Crippen LogP contribution is 2.45. The molecule has 5 nitrogen and oxygen atoms in total. The molecule has 0 bridgehead atoms. The van der Waals surface area contributed by atoms with Gasteiger partial charge in [0.05, 0.1) is 28.5 Å². The van der Waals surface area contributed by atoms with Gasteiger partial charge in [0.25, 0.3) is 0 Å². The predicted molar refractivity (Wildman–Crippen MR) is 175 cm³/mol. The molecule has 8 heteroatoms. The maximum Gasteiger partial charge on any atom is 0.174 e. The fourth-order valence-corrected chi connectivity index (χ4v) is 7.64. The number of anilines is 2. The Labute approximate surface area is 258 Å². The third-order valence-corrected chi connectivity index (χ3v) is 9.22. The Kier molecular flexibility index (Phi) is 7.75. The maximum atomic E-state index is 7.03. The molecular formula is C33H35Cl2N5S. The lowest BCUT2D eigenvalue weighted by atomic mass is 9.91. The summed E-state index contributed by atoms with van der Waals surface area (Å²) >= 11 is 19.4. The van der Waals surface area contributed by atoms with Gasteiger partial charge in [0, 0.05) is 47.1 Å². The van der Waals surface area contributed by atoms with Crippen molar-refractivity contribution in [2.45, 2.75) is 46.2 Å². The molecule has 2 aromatic carbocycles. The van der Waals surface area contributed by atoms with Crippen LogP contribution in [0.25, 0.3) is 5.69 Å². The van der Waals surface area contributed by atoms with E-state index in [1.165, 1.54) is 12.0 Å². The number of benzene rings is 2. The molecule has 41 heavy (non-hydrogen) atoms. The minimum Gasteiger partial charge on any atom is -0.370 e. The first kappa shape index (κ1) is 28.1. The Morgan fingerprint density at radius 2 is 1.68 bits per heavy atom. The number of hydrogen-bond donors (Lipinski definition) is 1. The van der Waals surface area contributed by atoms with Gasteiger partial charge in [-0.25, -0.2) is 0 Å². The van der Waals surface area contributed by atoms with Crippen LogP contribution in [0.1, 0.15) is 55.0 Å². The van der Waals surface area contributed by atoms with Crippen LogP contribution in [0.4, 0.5) is 11.4 Å². The second-order valence-electron chi connectivity index (χ2n) is 11.6. The molecule has 0 saturated carbocycles. The number of halogens is 2. The lowest BCUT2D eigenvalue weighted by Gasteiger charge is -2.37. The van der Waals surface area contributed by atoms with Crippen molar-refractivity contribution in [2.75, 3.05) is 22.9 Å². The summed E-state index contributed by atoms with van der Waals surface area (Å²) in [6, 6.07) is 22.4. The largest absolute Gasteiger partial charge is 0.370 e. The normalized spacial score (nSPS) is 22.7. The van der Waals surface area contributed by atoms with Crippen molar-refractivity contribution in [3.63, 3.8) is 0 Å². The highest BCUT2D eigenvalue weighted by Gasteiger charge is 2.42. The quantitative estimate of drug-likeness (QED) is 0.231. The van der Waals surface area contributed by atoms with Gasteiger partial charge >= 0.3 is 0 Å². The number of piperidine rings is 1. The second kappa shape index (κ2) is 11.3. The van der Waals surface area contributed by atoms with E-state index in [0.717, 1.165) is 52.3 Å². The van der Waals surface area contributed by atoms with Gasteiger partial charge in [-0.1, -0.05) is 49.2 Å². The summed E-state index contributed by atoms with van der Waals surface area (Å²) in [4.78, 5) is 9.36. The van der Waals surface area contributed by atoms with Gasteiger partial charge in [-0.15, -0.1) is 0 Å². The van der Waals surface area contributed by atoms with Crippen LogP contribution >= 0.6 is 35.4 Å². The number of aromatic nitrogens is 2. The zero-order chi connectivity index (χ0) is 28.8. The van der Waals surface area contributed by atoms with E-state index < -0.39 is 0 Å². The number of nitrogens with zero attached hydrogens (tertiary/aromatic N) is 4. The summed E-state index contributed by atoms with van der Waals surface area (Å²) < 4.78 is 2.25. The van der Waals surface area contributed by atoms with Gasteiger partial charge in [-0.3, -0.25) is 4.98 Å². The van der Waals surface area contributed by atoms with Gasteiger partial charge in [0.2, 0.25) is 0 Å². The van der Waals surface area contributed by atoms with Crippen LogP contribution in [-0.2, 0) is 0 Å². The van der Waals surface area contributed by atoms with E-state index in [1.54, 1.807) is 0 Å². The lowest BCUT2D eigenvalue weighted by molar-refractivity contribution is 0.357. The third kappa shape index (κ3) is 5.33. The molecule has 0 aliphatic carbocycles. The zero-order valence-electron chi connectivity index (χ0n) is 23.8. The summed E-state index contributed by atoms with van der Waals surface area (Å²) in [5.41, 5.74) is 7.45. The maximum absolute atomic E-state index is 7.03. The van der Waals surface area contributed by atoms with Gasteiger partial charge in [0.15, 0.2) is 5.11 Å². The molecule has 2 aliphatic rings. The SMILES string of the molecule is Cc1cc([C@@H]2[C@H](c3ccccn3)NC(=S)N2c2ccc(N3C[C@H](C)C[C@H](C)C3)c(Cl)c2)c(C)n1-c1cccc(Cl)c1. The molecule has 212 valence electrons. The molecule has 4 heterocycles. The first-order valence-corrected chi connectivity index (χ1v) is 15.4. The number of nitrogens with one attached hydrogen (secondary N) is 1. The molecule has 2 fully saturated rings. The van der Waals surface area contributed by atoms with Crippen LogP contribution in [0.5, 0.6) is 0 Å². The minimum absolute atomic E-state index is 0.131. The van der Waals surface area contributed by atoms with E-state index in [0.29, 0.717) is 22.0 Å². The van der Waals surface area contributed by atoms with Crippen LogP contribution in [0.15, 0.2) is 72.9 Å². The van der Waals surface area contributed by atoms with E-state index >= 15 is 0 Å². The van der Waals surface area contributed by atoms with E-state index in [-0.39, 0.29) is 12.1 Å². The van der Waals surface area contributed by atoms with Crippen LogP contribution in [0, 0.1) is 25.7 Å². The van der Waals surface area contributed by atoms with Crippen molar-refractivity contribution in [1.29, 1.82) is 0 Å². The Morgan fingerprint density at radius 1 is 0.902 bits per heavy atom. The fraction of sp³-hybridized carbons (Fsp3) is 0.333. The molecule has 0 radical (unpaired) electrons. The van der Waals surface area contributed by atoms with Crippen LogP contribution in [-0.4, -0.2) is 27.8 Å². The Balaban J connectivity index is 1.44. The van der Waals surface area contributed by atoms with Crippen molar-refractivity contribution in [2.24, 2.45) is 11.8 Å². The molecular weight excluding hydrogens is 569 g/mol. The second-order valence-corrected chi connectivity index (χ2v) is 12.9. The summed E-state index contributed by atoms with van der Waals surface area (Å²) in [6.07, 6.45) is 3.09. The van der Waals surface area contributed by atoms with Gasteiger partial charge in [0.1, 0.15) is 0 Å². The van der Waals surface area contributed by atoms with Crippen molar-refractivity contribution in [3.05, 3.63) is 106 Å². The zero-order valence-corrected chi connectivity index (χ0v) is 26.1. The molecule has 6 rings (SSSR count). The van der Waals surface area contributed by atoms with E-state index in [9.17, 15) is 0 Å². The predicted octanol–water partition coefficient (Wildman–Crippen LogP) is 8.46. The highest BCUT2D eigenvalue weighted by molar-refractivity contribution is 7.80. The summed E-state index contributed by atoms with van der Waals surface area (Å²) in [7, 11) is 0. The van der Waals surface area contributed by atoms with Crippen LogP contribution < -0.4 is 15.1 Å². The molecule has 0 spiro atoms. The van der Waals surface area contributed by atoms with Gasteiger partial charge in [-0.05, 0) is 104 Å². The van der Waals surface area contributed by atoms with Gasteiger partial charge in [-0.2, -0.15) is 0 Å². The van der Waals surface area contributed by atoms with Crippen molar-refractivity contribution >= 4 is 51.9 Å². The number of rotatable bonds is 5. The van der Waals surface area contributed by atoms with E-state index in [1.807, 2.05) is 36.5 Å². The topological polar surface area (TPSA) is 36.3 Å². The molecule has 4 atom stereocenters. The average molecular weight is 605 g/mol. The Morgan fingerprint density at radius 3 is 2.37 bits per heavy atom. The van der Waals surface area contributed by atoms with Gasteiger partial charge < -0.3 is 19.7 Å². The Bertz CT molecular complexity index is 1580. The Hall–Kier alpha value is -3.06. The molecule has 4 aromatic rings. The molecule has 2 aliphatic heterocycles.